The molecule has 0 saturated carbocycles. The lowest BCUT2D eigenvalue weighted by Gasteiger charge is -2.31. The van der Waals surface area contributed by atoms with Crippen molar-refractivity contribution in [1.82, 2.24) is 4.90 Å². The minimum absolute atomic E-state index is 0.566. The van der Waals surface area contributed by atoms with Gasteiger partial charge in [0.1, 0.15) is 0 Å². The SMILES string of the molecule is CCN1CCC(C2c3ccccc3CCc3ccccc32)C1C. The second-order valence-corrected chi connectivity index (χ2v) is 7.20. The van der Waals surface area contributed by atoms with Crippen molar-refractivity contribution < 1.29 is 0 Å². The van der Waals surface area contributed by atoms with Gasteiger partial charge in [0.05, 0.1) is 0 Å². The molecule has 2 unspecified atom stereocenters. The van der Waals surface area contributed by atoms with Gasteiger partial charge in [-0.05, 0) is 67.4 Å². The summed E-state index contributed by atoms with van der Waals surface area (Å²) < 4.78 is 0. The normalized spacial score (nSPS) is 25.0. The number of hydrogen-bond donors (Lipinski definition) is 0. The van der Waals surface area contributed by atoms with Crippen LogP contribution in [0.5, 0.6) is 0 Å². The summed E-state index contributed by atoms with van der Waals surface area (Å²) in [6.45, 7) is 7.17. The fourth-order valence-electron chi connectivity index (χ4n) is 4.95. The van der Waals surface area contributed by atoms with Crippen LogP contribution in [0.4, 0.5) is 0 Å². The number of benzene rings is 2. The number of hydrogen-bond acceptors (Lipinski definition) is 1. The van der Waals surface area contributed by atoms with Gasteiger partial charge in [-0.25, -0.2) is 0 Å². The minimum atomic E-state index is 0.566. The third-order valence-electron chi connectivity index (χ3n) is 6.22. The Bertz CT molecular complexity index is 642. The van der Waals surface area contributed by atoms with E-state index in [-0.39, 0.29) is 0 Å². The Hall–Kier alpha value is -1.60. The Labute approximate surface area is 140 Å². The van der Waals surface area contributed by atoms with Crippen molar-refractivity contribution in [1.29, 1.82) is 0 Å². The second kappa shape index (κ2) is 6.13. The van der Waals surface area contributed by atoms with Gasteiger partial charge in [-0.3, -0.25) is 0 Å². The van der Waals surface area contributed by atoms with Crippen LogP contribution in [0.1, 0.15) is 48.4 Å². The highest BCUT2D eigenvalue weighted by atomic mass is 15.2. The molecule has 2 aromatic rings. The van der Waals surface area contributed by atoms with Crippen molar-refractivity contribution in [2.24, 2.45) is 5.92 Å². The molecule has 1 fully saturated rings. The first-order chi connectivity index (χ1) is 11.3. The van der Waals surface area contributed by atoms with E-state index < -0.39 is 0 Å². The van der Waals surface area contributed by atoms with Crippen LogP contribution in [0, 0.1) is 5.92 Å². The maximum Gasteiger partial charge on any atom is 0.0138 e. The molecule has 0 aromatic heterocycles. The maximum absolute atomic E-state index is 2.65. The average Bonchev–Trinajstić information content (AvgIpc) is 2.87. The van der Waals surface area contributed by atoms with Gasteiger partial charge in [0, 0.05) is 12.0 Å². The van der Waals surface area contributed by atoms with Gasteiger partial charge in [-0.1, -0.05) is 55.5 Å². The summed E-state index contributed by atoms with van der Waals surface area (Å²) in [6.07, 6.45) is 3.69. The first-order valence-electron chi connectivity index (χ1n) is 9.19. The molecule has 1 aliphatic carbocycles. The van der Waals surface area contributed by atoms with E-state index in [4.69, 9.17) is 0 Å². The molecule has 0 amide bonds. The topological polar surface area (TPSA) is 3.24 Å². The van der Waals surface area contributed by atoms with Crippen molar-refractivity contribution in [3.05, 3.63) is 70.8 Å². The zero-order valence-corrected chi connectivity index (χ0v) is 14.3. The van der Waals surface area contributed by atoms with E-state index in [0.717, 1.165) is 5.92 Å². The predicted octanol–water partition coefficient (Wildman–Crippen LogP) is 4.65. The number of fused-ring (bicyclic) bond motifs is 2. The predicted molar refractivity (Wildman–Crippen MR) is 97.0 cm³/mol. The standard InChI is InChI=1S/C22H27N/c1-3-23-15-14-19(16(23)2)22-20-10-6-4-8-17(20)12-13-18-9-5-7-11-21(18)22/h4-11,16,19,22H,3,12-15H2,1-2H3. The molecule has 23 heavy (non-hydrogen) atoms. The van der Waals surface area contributed by atoms with Crippen LogP contribution in [0.15, 0.2) is 48.5 Å². The van der Waals surface area contributed by atoms with Gasteiger partial charge < -0.3 is 4.90 Å². The van der Waals surface area contributed by atoms with Gasteiger partial charge in [-0.2, -0.15) is 0 Å². The molecule has 1 aliphatic heterocycles. The third kappa shape index (κ3) is 2.52. The molecular formula is C22H27N. The van der Waals surface area contributed by atoms with E-state index in [1.807, 2.05) is 0 Å². The second-order valence-electron chi connectivity index (χ2n) is 7.20. The average molecular weight is 305 g/mol. The summed E-state index contributed by atoms with van der Waals surface area (Å²) in [5, 5.41) is 0. The van der Waals surface area contributed by atoms with Gasteiger partial charge in [-0.15, -0.1) is 0 Å². The Kier molecular flexibility index (Phi) is 3.98. The van der Waals surface area contributed by atoms with Gasteiger partial charge >= 0.3 is 0 Å². The van der Waals surface area contributed by atoms with Crippen LogP contribution in [0.2, 0.25) is 0 Å². The van der Waals surface area contributed by atoms with Crippen molar-refractivity contribution in [3.8, 4) is 0 Å². The highest BCUT2D eigenvalue weighted by Crippen LogP contribution is 2.44. The Balaban J connectivity index is 1.84. The molecule has 0 spiro atoms. The molecular weight excluding hydrogens is 278 g/mol. The molecule has 2 atom stereocenters. The maximum atomic E-state index is 2.65. The monoisotopic (exact) mass is 305 g/mol. The molecule has 0 N–H and O–H groups in total. The van der Waals surface area contributed by atoms with Crippen LogP contribution < -0.4 is 0 Å². The van der Waals surface area contributed by atoms with Crippen LogP contribution in [0.3, 0.4) is 0 Å². The highest BCUT2D eigenvalue weighted by molar-refractivity contribution is 5.45. The van der Waals surface area contributed by atoms with Crippen LogP contribution in [0.25, 0.3) is 0 Å². The number of aryl methyl sites for hydroxylation is 2. The molecule has 1 heterocycles. The molecule has 0 bridgehead atoms. The number of rotatable bonds is 2. The van der Waals surface area contributed by atoms with Crippen LogP contribution in [-0.2, 0) is 12.8 Å². The summed E-state index contributed by atoms with van der Waals surface area (Å²) >= 11 is 0. The molecule has 2 aliphatic rings. The Morgan fingerprint density at radius 1 is 0.913 bits per heavy atom. The van der Waals surface area contributed by atoms with Gasteiger partial charge in [0.2, 0.25) is 0 Å². The third-order valence-corrected chi connectivity index (χ3v) is 6.22. The molecule has 120 valence electrons. The van der Waals surface area contributed by atoms with Gasteiger partial charge in [0.25, 0.3) is 0 Å². The molecule has 0 radical (unpaired) electrons. The number of nitrogens with zero attached hydrogens (tertiary/aromatic N) is 1. The first-order valence-corrected chi connectivity index (χ1v) is 9.19. The van der Waals surface area contributed by atoms with E-state index in [2.05, 4.69) is 67.3 Å². The summed E-state index contributed by atoms with van der Waals surface area (Å²) in [7, 11) is 0. The van der Waals surface area contributed by atoms with Crippen LogP contribution in [-0.4, -0.2) is 24.0 Å². The molecule has 2 aromatic carbocycles. The lowest BCUT2D eigenvalue weighted by atomic mass is 9.76. The van der Waals surface area contributed by atoms with E-state index >= 15 is 0 Å². The zero-order valence-electron chi connectivity index (χ0n) is 14.3. The lowest BCUT2D eigenvalue weighted by molar-refractivity contribution is 0.245. The first kappa shape index (κ1) is 15.0. The molecule has 1 nitrogen and oxygen atoms in total. The minimum Gasteiger partial charge on any atom is -0.301 e. The van der Waals surface area contributed by atoms with E-state index in [1.54, 1.807) is 22.3 Å². The van der Waals surface area contributed by atoms with Crippen molar-refractivity contribution in [2.75, 3.05) is 13.1 Å². The Morgan fingerprint density at radius 3 is 2.00 bits per heavy atom. The molecule has 4 rings (SSSR count). The fourth-order valence-corrected chi connectivity index (χ4v) is 4.95. The van der Waals surface area contributed by atoms with E-state index in [0.29, 0.717) is 12.0 Å². The van der Waals surface area contributed by atoms with Crippen LogP contribution >= 0.6 is 0 Å². The van der Waals surface area contributed by atoms with E-state index in [9.17, 15) is 0 Å². The quantitative estimate of drug-likeness (QED) is 0.781. The molecule has 1 saturated heterocycles. The van der Waals surface area contributed by atoms with Crippen molar-refractivity contribution >= 4 is 0 Å². The zero-order chi connectivity index (χ0) is 15.8. The fraction of sp³-hybridized carbons (Fsp3) is 0.455. The Morgan fingerprint density at radius 2 is 1.48 bits per heavy atom. The summed E-state index contributed by atoms with van der Waals surface area (Å²) in [4.78, 5) is 2.65. The largest absolute Gasteiger partial charge is 0.301 e. The number of likely N-dealkylation sites (tertiary alicyclic amines) is 1. The van der Waals surface area contributed by atoms with E-state index in [1.165, 1.54) is 32.4 Å². The van der Waals surface area contributed by atoms with Crippen molar-refractivity contribution in [3.63, 3.8) is 0 Å². The van der Waals surface area contributed by atoms with Crippen molar-refractivity contribution in [2.45, 2.75) is 45.1 Å². The highest BCUT2D eigenvalue weighted by Gasteiger charge is 2.38. The summed E-state index contributed by atoms with van der Waals surface area (Å²) in [5.74, 6) is 1.30. The smallest absolute Gasteiger partial charge is 0.0138 e. The molecule has 1 heteroatoms. The van der Waals surface area contributed by atoms with Gasteiger partial charge in [0.15, 0.2) is 0 Å². The summed E-state index contributed by atoms with van der Waals surface area (Å²) in [5.41, 5.74) is 6.31. The summed E-state index contributed by atoms with van der Waals surface area (Å²) in [6, 6.07) is 19.0. The lowest BCUT2D eigenvalue weighted by Crippen LogP contribution is -2.32.